The van der Waals surface area contributed by atoms with Crippen molar-refractivity contribution in [3.63, 3.8) is 0 Å². The predicted octanol–water partition coefficient (Wildman–Crippen LogP) is 2.59. The summed E-state index contributed by atoms with van der Waals surface area (Å²) in [5, 5.41) is 17.5. The fourth-order valence-electron chi connectivity index (χ4n) is 2.65. The summed E-state index contributed by atoms with van der Waals surface area (Å²) in [5.74, 6) is 0.708. The van der Waals surface area contributed by atoms with Crippen molar-refractivity contribution >= 4 is 11.6 Å². The van der Waals surface area contributed by atoms with Crippen molar-refractivity contribution in [2.45, 2.75) is 44.7 Å². The van der Waals surface area contributed by atoms with E-state index < -0.39 is 0 Å². The third kappa shape index (κ3) is 4.44. The van der Waals surface area contributed by atoms with Crippen LogP contribution in [0.2, 0.25) is 0 Å². The van der Waals surface area contributed by atoms with Gasteiger partial charge >= 0.3 is 0 Å². The van der Waals surface area contributed by atoms with Crippen molar-refractivity contribution in [1.82, 2.24) is 10.6 Å². The average Bonchev–Trinajstić information content (AvgIpc) is 2.52. The molecule has 0 spiro atoms. The molecule has 1 aliphatic carbocycles. The van der Waals surface area contributed by atoms with Gasteiger partial charge in [0.05, 0.1) is 4.92 Å². The standard InChI is InChI=1S/C15H22N4O2/c1-16-15(18-13-8-3-2-4-9-13)17-11-12-7-5-6-10-14(12)19(20)21/h5-7,10,13H,2-4,8-9,11H2,1H3,(H2,16,17,18). The number of hydrogen-bond donors (Lipinski definition) is 2. The predicted molar refractivity (Wildman–Crippen MR) is 83.3 cm³/mol. The fourth-order valence-corrected chi connectivity index (χ4v) is 2.65. The maximum Gasteiger partial charge on any atom is 0.274 e. The van der Waals surface area contributed by atoms with Gasteiger partial charge in [0, 0.05) is 31.3 Å². The number of nitrogens with one attached hydrogen (secondary N) is 2. The number of nitrogens with zero attached hydrogens (tertiary/aromatic N) is 2. The molecule has 1 aliphatic rings. The van der Waals surface area contributed by atoms with Crippen LogP contribution >= 0.6 is 0 Å². The monoisotopic (exact) mass is 290 g/mol. The Morgan fingerprint density at radius 3 is 2.71 bits per heavy atom. The molecule has 0 radical (unpaired) electrons. The zero-order valence-electron chi connectivity index (χ0n) is 12.3. The molecule has 0 unspecified atom stereocenters. The highest BCUT2D eigenvalue weighted by Crippen LogP contribution is 2.18. The Hall–Kier alpha value is -2.11. The van der Waals surface area contributed by atoms with E-state index in [0.29, 0.717) is 24.1 Å². The van der Waals surface area contributed by atoms with Crippen LogP contribution in [-0.4, -0.2) is 24.0 Å². The lowest BCUT2D eigenvalue weighted by molar-refractivity contribution is -0.385. The molecule has 1 aromatic carbocycles. The van der Waals surface area contributed by atoms with Crippen molar-refractivity contribution in [2.24, 2.45) is 4.99 Å². The number of rotatable bonds is 4. The van der Waals surface area contributed by atoms with E-state index in [1.807, 2.05) is 0 Å². The summed E-state index contributed by atoms with van der Waals surface area (Å²) in [6, 6.07) is 7.22. The van der Waals surface area contributed by atoms with Crippen LogP contribution < -0.4 is 10.6 Å². The van der Waals surface area contributed by atoms with Gasteiger partial charge in [-0.25, -0.2) is 0 Å². The molecule has 2 N–H and O–H groups in total. The van der Waals surface area contributed by atoms with E-state index in [1.165, 1.54) is 25.3 Å². The minimum Gasteiger partial charge on any atom is -0.354 e. The molecule has 0 heterocycles. The molecule has 0 aromatic heterocycles. The first-order valence-corrected chi connectivity index (χ1v) is 7.40. The zero-order chi connectivity index (χ0) is 15.1. The Labute approximate surface area is 124 Å². The highest BCUT2D eigenvalue weighted by Gasteiger charge is 2.16. The topological polar surface area (TPSA) is 79.6 Å². The quantitative estimate of drug-likeness (QED) is 0.386. The second kappa shape index (κ2) is 7.61. The first kappa shape index (κ1) is 15.3. The molecule has 2 rings (SSSR count). The van der Waals surface area contributed by atoms with E-state index in [-0.39, 0.29) is 10.6 Å². The van der Waals surface area contributed by atoms with E-state index in [9.17, 15) is 10.1 Å². The lowest BCUT2D eigenvalue weighted by Crippen LogP contribution is -2.43. The number of benzene rings is 1. The Morgan fingerprint density at radius 1 is 1.33 bits per heavy atom. The van der Waals surface area contributed by atoms with Gasteiger partial charge in [0.2, 0.25) is 0 Å². The van der Waals surface area contributed by atoms with Crippen LogP contribution in [-0.2, 0) is 6.54 Å². The van der Waals surface area contributed by atoms with E-state index in [1.54, 1.807) is 25.2 Å². The van der Waals surface area contributed by atoms with Crippen LogP contribution in [0, 0.1) is 10.1 Å². The average molecular weight is 290 g/mol. The molecular weight excluding hydrogens is 268 g/mol. The molecule has 1 fully saturated rings. The maximum atomic E-state index is 11.0. The van der Waals surface area contributed by atoms with Crippen molar-refractivity contribution in [2.75, 3.05) is 7.05 Å². The van der Waals surface area contributed by atoms with Gasteiger partial charge in [-0.3, -0.25) is 15.1 Å². The summed E-state index contributed by atoms with van der Waals surface area (Å²) in [4.78, 5) is 14.8. The maximum absolute atomic E-state index is 11.0. The smallest absolute Gasteiger partial charge is 0.274 e. The zero-order valence-corrected chi connectivity index (χ0v) is 12.3. The van der Waals surface area contributed by atoms with Crippen LogP contribution in [0.4, 0.5) is 5.69 Å². The SMILES string of the molecule is CN=C(NCc1ccccc1[N+](=O)[O-])NC1CCCCC1. The second-order valence-corrected chi connectivity index (χ2v) is 5.29. The van der Waals surface area contributed by atoms with Crippen LogP contribution in [0.25, 0.3) is 0 Å². The molecule has 0 saturated heterocycles. The largest absolute Gasteiger partial charge is 0.354 e. The van der Waals surface area contributed by atoms with Crippen LogP contribution in [0.1, 0.15) is 37.7 Å². The van der Waals surface area contributed by atoms with E-state index in [0.717, 1.165) is 12.8 Å². The van der Waals surface area contributed by atoms with E-state index in [2.05, 4.69) is 15.6 Å². The van der Waals surface area contributed by atoms with E-state index in [4.69, 9.17) is 0 Å². The number of nitro benzene ring substituents is 1. The Bertz CT molecular complexity index is 510. The van der Waals surface area contributed by atoms with Crippen LogP contribution in [0.3, 0.4) is 0 Å². The fraction of sp³-hybridized carbons (Fsp3) is 0.533. The molecule has 21 heavy (non-hydrogen) atoms. The summed E-state index contributed by atoms with van der Waals surface area (Å²) < 4.78 is 0. The van der Waals surface area contributed by atoms with Gasteiger partial charge in [-0.1, -0.05) is 37.5 Å². The summed E-state index contributed by atoms with van der Waals surface area (Å²) in [6.07, 6.45) is 6.12. The summed E-state index contributed by atoms with van der Waals surface area (Å²) >= 11 is 0. The third-order valence-corrected chi connectivity index (χ3v) is 3.80. The van der Waals surface area contributed by atoms with Gasteiger partial charge in [-0.2, -0.15) is 0 Å². The molecule has 0 bridgehead atoms. The number of guanidine groups is 1. The summed E-state index contributed by atoms with van der Waals surface area (Å²) in [7, 11) is 1.72. The summed E-state index contributed by atoms with van der Waals surface area (Å²) in [5.41, 5.74) is 0.798. The molecule has 1 aromatic rings. The molecule has 1 saturated carbocycles. The summed E-state index contributed by atoms with van der Waals surface area (Å²) in [6.45, 7) is 0.392. The molecule has 0 aliphatic heterocycles. The first-order valence-electron chi connectivity index (χ1n) is 7.40. The normalized spacial score (nSPS) is 16.5. The minimum atomic E-state index is -0.353. The van der Waals surface area contributed by atoms with Crippen molar-refractivity contribution in [3.8, 4) is 0 Å². The molecule has 0 atom stereocenters. The van der Waals surface area contributed by atoms with E-state index >= 15 is 0 Å². The number of nitro groups is 1. The second-order valence-electron chi connectivity index (χ2n) is 5.29. The van der Waals surface area contributed by atoms with Gasteiger partial charge < -0.3 is 10.6 Å². The van der Waals surface area contributed by atoms with Crippen molar-refractivity contribution in [1.29, 1.82) is 0 Å². The van der Waals surface area contributed by atoms with Gasteiger partial charge in [0.25, 0.3) is 5.69 Å². The first-order chi connectivity index (χ1) is 10.2. The Balaban J connectivity index is 1.92. The highest BCUT2D eigenvalue weighted by atomic mass is 16.6. The van der Waals surface area contributed by atoms with Gasteiger partial charge in [0.1, 0.15) is 0 Å². The number of para-hydroxylation sites is 1. The third-order valence-electron chi connectivity index (χ3n) is 3.80. The number of aliphatic imine (C=N–C) groups is 1. The lowest BCUT2D eigenvalue weighted by Gasteiger charge is -2.24. The van der Waals surface area contributed by atoms with Crippen LogP contribution in [0.5, 0.6) is 0 Å². The molecule has 0 amide bonds. The number of hydrogen-bond acceptors (Lipinski definition) is 3. The molecule has 6 heteroatoms. The van der Waals surface area contributed by atoms with Crippen molar-refractivity contribution < 1.29 is 4.92 Å². The molecular formula is C15H22N4O2. The van der Waals surface area contributed by atoms with Gasteiger partial charge in [-0.15, -0.1) is 0 Å². The molecule has 114 valence electrons. The lowest BCUT2D eigenvalue weighted by atomic mass is 9.96. The van der Waals surface area contributed by atoms with Gasteiger partial charge in [0.15, 0.2) is 5.96 Å². The highest BCUT2D eigenvalue weighted by molar-refractivity contribution is 5.80. The Morgan fingerprint density at radius 2 is 2.05 bits per heavy atom. The minimum absolute atomic E-state index is 0.137. The molecule has 6 nitrogen and oxygen atoms in total. The van der Waals surface area contributed by atoms with Crippen LogP contribution in [0.15, 0.2) is 29.3 Å². The van der Waals surface area contributed by atoms with Crippen molar-refractivity contribution in [3.05, 3.63) is 39.9 Å². The van der Waals surface area contributed by atoms with Gasteiger partial charge in [-0.05, 0) is 12.8 Å². The Kier molecular flexibility index (Phi) is 5.54.